The fraction of sp³-hybridized carbons (Fsp3) is 0.800. The number of fused-ring (bicyclic) bond motifs is 1. The molecule has 1 unspecified atom stereocenters. The van der Waals surface area contributed by atoms with Gasteiger partial charge in [0.05, 0.1) is 17.9 Å². The lowest BCUT2D eigenvalue weighted by Gasteiger charge is -2.40. The molecule has 1 aliphatic carbocycles. The smallest absolute Gasteiger partial charge is 0.317 e. The Balaban J connectivity index is 1.25. The Kier molecular flexibility index (Phi) is 5.48. The molecule has 1 saturated carbocycles. The van der Waals surface area contributed by atoms with E-state index in [1.165, 1.54) is 51.5 Å². The van der Waals surface area contributed by atoms with Gasteiger partial charge in [-0.15, -0.1) is 0 Å². The molecule has 2 amide bonds. The van der Waals surface area contributed by atoms with E-state index in [-0.39, 0.29) is 6.03 Å². The van der Waals surface area contributed by atoms with Crippen LogP contribution >= 0.6 is 0 Å². The monoisotopic (exact) mass is 359 g/mol. The number of likely N-dealkylation sites (tertiary alicyclic amines) is 1. The maximum absolute atomic E-state index is 12.6. The van der Waals surface area contributed by atoms with Crippen LogP contribution in [0.2, 0.25) is 0 Å². The summed E-state index contributed by atoms with van der Waals surface area (Å²) in [6, 6.07) is 0.879. The summed E-state index contributed by atoms with van der Waals surface area (Å²) in [5, 5.41) is 3.21. The number of carbonyl (C=O) groups is 1. The zero-order valence-electron chi connectivity index (χ0n) is 16.1. The average molecular weight is 360 g/mol. The minimum Gasteiger partial charge on any atom is -0.344 e. The molecule has 2 aliphatic heterocycles. The van der Waals surface area contributed by atoms with E-state index >= 15 is 0 Å². The van der Waals surface area contributed by atoms with Crippen LogP contribution in [0, 0.1) is 12.8 Å². The second kappa shape index (κ2) is 7.99. The van der Waals surface area contributed by atoms with Crippen molar-refractivity contribution >= 4 is 6.03 Å². The number of aryl methyl sites for hydroxylation is 1. The molecule has 6 nitrogen and oxygen atoms in total. The summed E-state index contributed by atoms with van der Waals surface area (Å²) < 4.78 is 0. The normalized spacial score (nSPS) is 25.1. The van der Waals surface area contributed by atoms with Gasteiger partial charge >= 0.3 is 6.03 Å². The van der Waals surface area contributed by atoms with Crippen LogP contribution in [0.4, 0.5) is 4.79 Å². The lowest BCUT2D eigenvalue weighted by molar-refractivity contribution is 0.0976. The van der Waals surface area contributed by atoms with Crippen LogP contribution in [-0.4, -0.2) is 58.0 Å². The third-order valence-electron chi connectivity index (χ3n) is 6.42. The molecular formula is C20H33N5O. The highest BCUT2D eigenvalue weighted by Crippen LogP contribution is 2.27. The molecule has 2 fully saturated rings. The summed E-state index contributed by atoms with van der Waals surface area (Å²) in [7, 11) is 0. The lowest BCUT2D eigenvalue weighted by atomic mass is 9.90. The summed E-state index contributed by atoms with van der Waals surface area (Å²) >= 11 is 0. The first-order valence-corrected chi connectivity index (χ1v) is 10.5. The van der Waals surface area contributed by atoms with Crippen molar-refractivity contribution in [2.45, 2.75) is 70.9 Å². The third kappa shape index (κ3) is 4.05. The number of imidazole rings is 1. The van der Waals surface area contributed by atoms with Crippen molar-refractivity contribution < 1.29 is 4.79 Å². The number of aromatic nitrogens is 2. The molecule has 1 aromatic heterocycles. The van der Waals surface area contributed by atoms with Crippen LogP contribution < -0.4 is 5.32 Å². The van der Waals surface area contributed by atoms with Gasteiger partial charge in [-0.25, -0.2) is 9.78 Å². The Labute approximate surface area is 156 Å². The molecule has 4 rings (SSSR count). The van der Waals surface area contributed by atoms with Crippen LogP contribution in [0.3, 0.4) is 0 Å². The zero-order valence-corrected chi connectivity index (χ0v) is 16.1. The first-order valence-electron chi connectivity index (χ1n) is 10.5. The van der Waals surface area contributed by atoms with Gasteiger partial charge in [0.15, 0.2) is 0 Å². The van der Waals surface area contributed by atoms with E-state index in [2.05, 4.69) is 20.2 Å². The van der Waals surface area contributed by atoms with Crippen molar-refractivity contribution in [1.82, 2.24) is 25.1 Å². The SMILES string of the molecule is Cc1nc2c([nH]1)CN(C(=O)NCC1CCCN(C3CCCCC3)C1)CC2. The summed E-state index contributed by atoms with van der Waals surface area (Å²) in [6.07, 6.45) is 10.3. The number of aromatic amines is 1. The second-order valence-electron chi connectivity index (χ2n) is 8.40. The van der Waals surface area contributed by atoms with Crippen molar-refractivity contribution in [3.05, 3.63) is 17.2 Å². The number of rotatable bonds is 3. The van der Waals surface area contributed by atoms with Crippen molar-refractivity contribution in [2.24, 2.45) is 5.92 Å². The van der Waals surface area contributed by atoms with Gasteiger partial charge in [0.2, 0.25) is 0 Å². The van der Waals surface area contributed by atoms with E-state index in [1.807, 2.05) is 11.8 Å². The van der Waals surface area contributed by atoms with E-state index < -0.39 is 0 Å². The van der Waals surface area contributed by atoms with Crippen molar-refractivity contribution in [3.63, 3.8) is 0 Å². The Morgan fingerprint density at radius 2 is 2.04 bits per heavy atom. The van der Waals surface area contributed by atoms with E-state index in [9.17, 15) is 4.79 Å². The number of piperidine rings is 1. The number of amides is 2. The fourth-order valence-corrected chi connectivity index (χ4v) is 5.00. The van der Waals surface area contributed by atoms with E-state index in [0.717, 1.165) is 49.3 Å². The zero-order chi connectivity index (χ0) is 17.9. The van der Waals surface area contributed by atoms with Gasteiger partial charge in [0.1, 0.15) is 5.82 Å². The number of H-pyrrole nitrogens is 1. The first kappa shape index (κ1) is 17.8. The fourth-order valence-electron chi connectivity index (χ4n) is 5.00. The Morgan fingerprint density at radius 3 is 2.88 bits per heavy atom. The van der Waals surface area contributed by atoms with Gasteiger partial charge in [0, 0.05) is 32.1 Å². The summed E-state index contributed by atoms with van der Waals surface area (Å²) in [5.74, 6) is 1.55. The van der Waals surface area contributed by atoms with Crippen LogP contribution in [0.1, 0.15) is 62.2 Å². The second-order valence-corrected chi connectivity index (χ2v) is 8.40. The molecule has 6 heteroatoms. The van der Waals surface area contributed by atoms with Crippen LogP contribution in [0.5, 0.6) is 0 Å². The molecular weight excluding hydrogens is 326 g/mol. The molecule has 1 saturated heterocycles. The summed E-state index contributed by atoms with van der Waals surface area (Å²) in [6.45, 7) is 6.62. The van der Waals surface area contributed by atoms with Crippen molar-refractivity contribution in [1.29, 1.82) is 0 Å². The van der Waals surface area contributed by atoms with Gasteiger partial charge in [-0.2, -0.15) is 0 Å². The highest BCUT2D eigenvalue weighted by Gasteiger charge is 2.28. The molecule has 0 radical (unpaired) electrons. The maximum atomic E-state index is 12.6. The number of urea groups is 1. The van der Waals surface area contributed by atoms with E-state index in [4.69, 9.17) is 0 Å². The van der Waals surface area contributed by atoms with Gasteiger partial charge in [-0.05, 0) is 45.1 Å². The maximum Gasteiger partial charge on any atom is 0.317 e. The number of hydrogen-bond acceptors (Lipinski definition) is 3. The molecule has 1 atom stereocenters. The number of nitrogens with zero attached hydrogens (tertiary/aromatic N) is 3. The van der Waals surface area contributed by atoms with Gasteiger partial charge in [0.25, 0.3) is 0 Å². The molecule has 3 heterocycles. The molecule has 2 N–H and O–H groups in total. The minimum absolute atomic E-state index is 0.0812. The molecule has 0 spiro atoms. The molecule has 1 aromatic rings. The van der Waals surface area contributed by atoms with Crippen molar-refractivity contribution in [3.8, 4) is 0 Å². The summed E-state index contributed by atoms with van der Waals surface area (Å²) in [5.41, 5.74) is 2.23. The third-order valence-corrected chi connectivity index (χ3v) is 6.42. The molecule has 144 valence electrons. The molecule has 3 aliphatic rings. The molecule has 26 heavy (non-hydrogen) atoms. The van der Waals surface area contributed by atoms with Crippen LogP contribution in [-0.2, 0) is 13.0 Å². The number of carbonyl (C=O) groups excluding carboxylic acids is 1. The lowest BCUT2D eigenvalue weighted by Crippen LogP contribution is -2.48. The molecule has 0 aromatic carbocycles. The van der Waals surface area contributed by atoms with Crippen molar-refractivity contribution in [2.75, 3.05) is 26.2 Å². The first-order chi connectivity index (χ1) is 12.7. The van der Waals surface area contributed by atoms with Crippen LogP contribution in [0.15, 0.2) is 0 Å². The highest BCUT2D eigenvalue weighted by atomic mass is 16.2. The Hall–Kier alpha value is -1.56. The quantitative estimate of drug-likeness (QED) is 0.872. The van der Waals surface area contributed by atoms with E-state index in [1.54, 1.807) is 0 Å². The van der Waals surface area contributed by atoms with Gasteiger partial charge in [-0.3, -0.25) is 0 Å². The van der Waals surface area contributed by atoms with E-state index in [0.29, 0.717) is 12.5 Å². The van der Waals surface area contributed by atoms with Gasteiger partial charge in [-0.1, -0.05) is 19.3 Å². The number of nitrogens with one attached hydrogen (secondary N) is 2. The Morgan fingerprint density at radius 1 is 1.19 bits per heavy atom. The Bertz CT molecular complexity index is 622. The molecule has 0 bridgehead atoms. The summed E-state index contributed by atoms with van der Waals surface area (Å²) in [4.78, 5) is 25.0. The predicted molar refractivity (Wildman–Crippen MR) is 102 cm³/mol. The predicted octanol–water partition coefficient (Wildman–Crippen LogP) is 2.83. The highest BCUT2D eigenvalue weighted by molar-refractivity contribution is 5.74. The largest absolute Gasteiger partial charge is 0.344 e. The number of hydrogen-bond donors (Lipinski definition) is 2. The average Bonchev–Trinajstić information content (AvgIpc) is 3.06. The minimum atomic E-state index is 0.0812. The topological polar surface area (TPSA) is 64.3 Å². The van der Waals surface area contributed by atoms with Gasteiger partial charge < -0.3 is 20.1 Å². The van der Waals surface area contributed by atoms with Crippen LogP contribution in [0.25, 0.3) is 0 Å². The standard InChI is InChI=1S/C20H33N5O/c1-15-22-18-9-11-25(14-19(18)23-15)20(26)21-12-16-6-5-10-24(13-16)17-7-3-2-4-8-17/h16-17H,2-14H2,1H3,(H,21,26)(H,22,23).